The Bertz CT molecular complexity index is 1390. The molecule has 9 heteroatoms. The minimum absolute atomic E-state index is 0.203. The summed E-state index contributed by atoms with van der Waals surface area (Å²) in [5.41, 5.74) is 3.57. The molecular weight excluding hydrogens is 416 g/mol. The van der Waals surface area contributed by atoms with E-state index in [0.717, 1.165) is 5.56 Å². The summed E-state index contributed by atoms with van der Waals surface area (Å²) in [6, 6.07) is 8.76. The number of fused-ring (bicyclic) bond motifs is 1. The van der Waals surface area contributed by atoms with E-state index in [1.54, 1.807) is 34.9 Å². The highest BCUT2D eigenvalue weighted by atomic mass is 19.3. The molecule has 32 heavy (non-hydrogen) atoms. The fourth-order valence-corrected chi connectivity index (χ4v) is 3.67. The van der Waals surface area contributed by atoms with Gasteiger partial charge in [-0.1, -0.05) is 23.2 Å². The lowest BCUT2D eigenvalue weighted by Gasteiger charge is -2.31. The molecule has 1 aromatic carbocycles. The Morgan fingerprint density at radius 3 is 2.88 bits per heavy atom. The molecule has 1 aliphatic rings. The highest BCUT2D eigenvalue weighted by molar-refractivity contribution is 6.04. The second-order valence-electron chi connectivity index (χ2n) is 7.83. The van der Waals surface area contributed by atoms with E-state index in [1.165, 1.54) is 6.20 Å². The predicted octanol–water partition coefficient (Wildman–Crippen LogP) is 4.44. The van der Waals surface area contributed by atoms with Crippen LogP contribution in [0, 0.1) is 19.3 Å². The van der Waals surface area contributed by atoms with E-state index >= 15 is 0 Å². The number of nitrogens with one attached hydrogen (secondary N) is 1. The SMILES string of the molecule is C#Cc1ccn2c(C(=O)Nc3cc(-c4noc(C5CC(F)(F)C5)n4)ccc3C)cnc2c1. The third-order valence-electron chi connectivity index (χ3n) is 5.54. The number of halogens is 2. The number of amides is 1. The number of hydrogen-bond acceptors (Lipinski definition) is 5. The monoisotopic (exact) mass is 433 g/mol. The summed E-state index contributed by atoms with van der Waals surface area (Å²) >= 11 is 0. The zero-order valence-electron chi connectivity index (χ0n) is 17.0. The van der Waals surface area contributed by atoms with Gasteiger partial charge < -0.3 is 9.84 Å². The van der Waals surface area contributed by atoms with E-state index < -0.39 is 11.8 Å². The van der Waals surface area contributed by atoms with Crippen LogP contribution >= 0.6 is 0 Å². The molecule has 0 unspecified atom stereocenters. The number of pyridine rings is 1. The molecule has 5 rings (SSSR count). The standard InChI is InChI=1S/C23H17F2N5O2/c1-3-14-6-7-30-18(12-26-19(30)8-14)21(31)27-17-9-15(5-4-13(17)2)20-28-22(32-29-20)16-10-23(24,25)11-16/h1,4-9,12,16H,10-11H2,2H3,(H,27,31). The van der Waals surface area contributed by atoms with Gasteiger partial charge in [0.15, 0.2) is 0 Å². The minimum atomic E-state index is -2.67. The van der Waals surface area contributed by atoms with Gasteiger partial charge in [0.05, 0.1) is 6.20 Å². The van der Waals surface area contributed by atoms with E-state index in [1.807, 2.05) is 13.0 Å². The molecule has 1 fully saturated rings. The Balaban J connectivity index is 1.38. The number of terminal acetylenes is 1. The third-order valence-corrected chi connectivity index (χ3v) is 5.54. The molecule has 0 bridgehead atoms. The molecule has 1 aliphatic carbocycles. The van der Waals surface area contributed by atoms with Gasteiger partial charge >= 0.3 is 0 Å². The predicted molar refractivity (Wildman–Crippen MR) is 112 cm³/mol. The Morgan fingerprint density at radius 2 is 2.12 bits per heavy atom. The molecule has 160 valence electrons. The summed E-state index contributed by atoms with van der Waals surface area (Å²) in [4.78, 5) is 21.4. The second kappa shape index (κ2) is 7.27. The molecule has 1 N–H and O–H groups in total. The number of anilines is 1. The van der Waals surface area contributed by atoms with Crippen molar-refractivity contribution in [1.82, 2.24) is 19.5 Å². The number of benzene rings is 1. The van der Waals surface area contributed by atoms with Crippen molar-refractivity contribution in [1.29, 1.82) is 0 Å². The molecule has 0 spiro atoms. The van der Waals surface area contributed by atoms with Crippen LogP contribution in [0.3, 0.4) is 0 Å². The maximum absolute atomic E-state index is 13.1. The average Bonchev–Trinajstić information content (AvgIpc) is 3.40. The highest BCUT2D eigenvalue weighted by Gasteiger charge is 2.48. The highest BCUT2D eigenvalue weighted by Crippen LogP contribution is 2.47. The molecule has 0 aliphatic heterocycles. The normalized spacial score (nSPS) is 15.3. The van der Waals surface area contributed by atoms with Crippen LogP contribution in [0.15, 0.2) is 47.2 Å². The zero-order chi connectivity index (χ0) is 22.5. The average molecular weight is 433 g/mol. The van der Waals surface area contributed by atoms with Crippen LogP contribution in [0.1, 0.15) is 46.3 Å². The first-order valence-electron chi connectivity index (χ1n) is 9.90. The van der Waals surface area contributed by atoms with Crippen molar-refractivity contribution in [3.63, 3.8) is 0 Å². The summed E-state index contributed by atoms with van der Waals surface area (Å²) in [6.45, 7) is 1.85. The molecule has 0 radical (unpaired) electrons. The van der Waals surface area contributed by atoms with Crippen molar-refractivity contribution in [2.75, 3.05) is 5.32 Å². The summed E-state index contributed by atoms with van der Waals surface area (Å²) in [5.74, 6) is -0.427. The fourth-order valence-electron chi connectivity index (χ4n) is 3.67. The number of hydrogen-bond donors (Lipinski definition) is 1. The topological polar surface area (TPSA) is 85.3 Å². The van der Waals surface area contributed by atoms with Crippen LogP contribution in [-0.4, -0.2) is 31.4 Å². The van der Waals surface area contributed by atoms with Gasteiger partial charge in [0.2, 0.25) is 17.6 Å². The lowest BCUT2D eigenvalue weighted by atomic mass is 9.81. The number of carbonyl (C=O) groups is 1. The number of imidazole rings is 1. The molecule has 4 aromatic rings. The lowest BCUT2D eigenvalue weighted by Crippen LogP contribution is -2.33. The first-order chi connectivity index (χ1) is 15.3. The molecule has 3 heterocycles. The van der Waals surface area contributed by atoms with E-state index in [4.69, 9.17) is 10.9 Å². The fraction of sp³-hybridized carbons (Fsp3) is 0.217. The zero-order valence-corrected chi connectivity index (χ0v) is 17.0. The van der Waals surface area contributed by atoms with Crippen molar-refractivity contribution in [2.45, 2.75) is 31.6 Å². The quantitative estimate of drug-likeness (QED) is 0.481. The maximum Gasteiger partial charge on any atom is 0.274 e. The summed E-state index contributed by atoms with van der Waals surface area (Å²) in [7, 11) is 0. The Hall–Kier alpha value is -4.06. The van der Waals surface area contributed by atoms with Gasteiger partial charge in [-0.25, -0.2) is 13.8 Å². The van der Waals surface area contributed by atoms with Gasteiger partial charge in [0.25, 0.3) is 5.91 Å². The van der Waals surface area contributed by atoms with E-state index in [-0.39, 0.29) is 30.5 Å². The van der Waals surface area contributed by atoms with Gasteiger partial charge in [0.1, 0.15) is 11.3 Å². The Labute approximate surface area is 181 Å². The van der Waals surface area contributed by atoms with Crippen LogP contribution in [-0.2, 0) is 0 Å². The van der Waals surface area contributed by atoms with Gasteiger partial charge in [-0.3, -0.25) is 9.20 Å². The van der Waals surface area contributed by atoms with Crippen LogP contribution in [0.25, 0.3) is 17.0 Å². The van der Waals surface area contributed by atoms with Crippen LogP contribution in [0.5, 0.6) is 0 Å². The van der Waals surface area contributed by atoms with Crippen molar-refractivity contribution >= 4 is 17.2 Å². The summed E-state index contributed by atoms with van der Waals surface area (Å²) in [5, 5.41) is 6.80. The lowest BCUT2D eigenvalue weighted by molar-refractivity contribution is -0.0925. The molecule has 0 saturated heterocycles. The molecule has 1 amide bonds. The Kier molecular flexibility index (Phi) is 4.51. The van der Waals surface area contributed by atoms with Crippen molar-refractivity contribution in [2.24, 2.45) is 0 Å². The van der Waals surface area contributed by atoms with Crippen molar-refractivity contribution in [3.05, 3.63) is 65.4 Å². The van der Waals surface area contributed by atoms with Crippen molar-refractivity contribution < 1.29 is 18.1 Å². The minimum Gasteiger partial charge on any atom is -0.339 e. The number of carbonyl (C=O) groups excluding carboxylic acids is 1. The van der Waals surface area contributed by atoms with Gasteiger partial charge in [0, 0.05) is 41.8 Å². The largest absolute Gasteiger partial charge is 0.339 e. The van der Waals surface area contributed by atoms with Crippen LogP contribution in [0.2, 0.25) is 0 Å². The van der Waals surface area contributed by atoms with Gasteiger partial charge in [-0.05, 0) is 30.7 Å². The van der Waals surface area contributed by atoms with Gasteiger partial charge in [-0.15, -0.1) is 6.42 Å². The molecule has 0 atom stereocenters. The summed E-state index contributed by atoms with van der Waals surface area (Å²) < 4.78 is 33.1. The van der Waals surface area contributed by atoms with E-state index in [0.29, 0.717) is 28.2 Å². The third kappa shape index (κ3) is 3.50. The van der Waals surface area contributed by atoms with E-state index in [2.05, 4.69) is 26.4 Å². The molecular formula is C23H17F2N5O2. The first-order valence-corrected chi connectivity index (χ1v) is 9.90. The van der Waals surface area contributed by atoms with Crippen molar-refractivity contribution in [3.8, 4) is 23.7 Å². The second-order valence-corrected chi connectivity index (χ2v) is 7.83. The smallest absolute Gasteiger partial charge is 0.274 e. The Morgan fingerprint density at radius 1 is 1.31 bits per heavy atom. The number of aromatic nitrogens is 4. The molecule has 3 aromatic heterocycles. The number of alkyl halides is 2. The van der Waals surface area contributed by atoms with E-state index in [9.17, 15) is 13.6 Å². The first kappa shape index (κ1) is 19.9. The number of nitrogens with zero attached hydrogens (tertiary/aromatic N) is 4. The number of aryl methyl sites for hydroxylation is 1. The van der Waals surface area contributed by atoms with Crippen LogP contribution in [0.4, 0.5) is 14.5 Å². The summed E-state index contributed by atoms with van der Waals surface area (Å²) in [6.07, 6.45) is 8.01. The van der Waals surface area contributed by atoms with Gasteiger partial charge in [-0.2, -0.15) is 4.98 Å². The molecule has 7 nitrogen and oxygen atoms in total. The molecule has 1 saturated carbocycles. The number of rotatable bonds is 4. The van der Waals surface area contributed by atoms with Crippen LogP contribution < -0.4 is 5.32 Å². The maximum atomic E-state index is 13.1.